The van der Waals surface area contributed by atoms with Crippen molar-refractivity contribution >= 4 is 21.7 Å². The van der Waals surface area contributed by atoms with Gasteiger partial charge in [-0.2, -0.15) is 21.6 Å². The van der Waals surface area contributed by atoms with Crippen LogP contribution in [-0.2, 0) is 19.1 Å². The second-order valence-electron chi connectivity index (χ2n) is 3.97. The first kappa shape index (κ1) is 16.2. The molecule has 0 heterocycles. The number of alkyl halides is 3. The van der Waals surface area contributed by atoms with Crippen molar-refractivity contribution in [1.29, 1.82) is 0 Å². The van der Waals surface area contributed by atoms with Crippen LogP contribution in [0.1, 0.15) is 18.1 Å². The zero-order valence-corrected chi connectivity index (χ0v) is 11.4. The lowest BCUT2D eigenvalue weighted by molar-refractivity contribution is -0.112. The summed E-state index contributed by atoms with van der Waals surface area (Å²) in [6, 6.07) is 5.81. The third kappa shape index (κ3) is 4.09. The fourth-order valence-electron chi connectivity index (χ4n) is 1.22. The summed E-state index contributed by atoms with van der Waals surface area (Å²) >= 11 is 0. The first-order valence-electron chi connectivity index (χ1n) is 5.33. The monoisotopic (exact) mass is 308 g/mol. The normalized spacial score (nSPS) is 13.2. The molecule has 0 aliphatic rings. The minimum Gasteiger partial charge on any atom is -0.375 e. The van der Waals surface area contributed by atoms with Gasteiger partial charge in [0.15, 0.2) is 11.5 Å². The van der Waals surface area contributed by atoms with Crippen LogP contribution in [-0.4, -0.2) is 19.7 Å². The third-order valence-corrected chi connectivity index (χ3v) is 3.12. The molecule has 0 fully saturated rings. The van der Waals surface area contributed by atoms with Gasteiger partial charge in [-0.15, -0.1) is 0 Å². The van der Waals surface area contributed by atoms with E-state index in [1.807, 2.05) is 0 Å². The van der Waals surface area contributed by atoms with E-state index in [-0.39, 0.29) is 5.56 Å². The first-order chi connectivity index (χ1) is 9.03. The Bertz CT molecular complexity index is 628. The summed E-state index contributed by atoms with van der Waals surface area (Å²) in [5.41, 5.74) is -4.69. The summed E-state index contributed by atoms with van der Waals surface area (Å²) in [5.74, 6) is -1.31. The maximum atomic E-state index is 12.3. The van der Waals surface area contributed by atoms with Gasteiger partial charge in [-0.05, 0) is 13.8 Å². The van der Waals surface area contributed by atoms with Crippen molar-refractivity contribution in [2.45, 2.75) is 19.4 Å². The number of benzene rings is 1. The van der Waals surface area contributed by atoms with Crippen LogP contribution in [0.15, 0.2) is 30.3 Å². The lowest BCUT2D eigenvalue weighted by Gasteiger charge is -2.12. The molecule has 1 aromatic carbocycles. The van der Waals surface area contributed by atoms with Crippen LogP contribution < -0.4 is 0 Å². The van der Waals surface area contributed by atoms with Crippen LogP contribution in [0.3, 0.4) is 0 Å². The molecule has 0 saturated carbocycles. The summed E-state index contributed by atoms with van der Waals surface area (Å²) in [4.78, 5) is 11.0. The Morgan fingerprint density at radius 3 is 2.10 bits per heavy atom. The van der Waals surface area contributed by atoms with E-state index in [0.29, 0.717) is 6.08 Å². The van der Waals surface area contributed by atoms with E-state index >= 15 is 0 Å². The molecule has 0 unspecified atom stereocenters. The smallest absolute Gasteiger partial charge is 0.375 e. The number of allylic oxidation sites excluding steroid dienone is 1. The van der Waals surface area contributed by atoms with E-state index < -0.39 is 27.2 Å². The van der Waals surface area contributed by atoms with E-state index in [1.54, 1.807) is 19.1 Å². The molecule has 0 amide bonds. The van der Waals surface area contributed by atoms with Gasteiger partial charge < -0.3 is 4.18 Å². The van der Waals surface area contributed by atoms with E-state index in [0.717, 1.165) is 12.5 Å². The minimum atomic E-state index is -5.82. The standard InChI is InChI=1S/C12H11F3O4S/c1-8-3-5-10(6-4-8)11(7-9(2)16)19-20(17,18)12(13,14)15/h3-7H,1-2H3/b11-7-. The van der Waals surface area contributed by atoms with Gasteiger partial charge >= 0.3 is 15.6 Å². The number of rotatable bonds is 4. The Morgan fingerprint density at radius 1 is 1.20 bits per heavy atom. The van der Waals surface area contributed by atoms with Crippen molar-refractivity contribution in [2.75, 3.05) is 0 Å². The van der Waals surface area contributed by atoms with E-state index in [2.05, 4.69) is 4.18 Å². The highest BCUT2D eigenvalue weighted by Crippen LogP contribution is 2.29. The third-order valence-electron chi connectivity index (χ3n) is 2.15. The Morgan fingerprint density at radius 2 is 1.70 bits per heavy atom. The molecule has 8 heteroatoms. The molecule has 0 bridgehead atoms. The largest absolute Gasteiger partial charge is 0.534 e. The summed E-state index contributed by atoms with van der Waals surface area (Å²) < 4.78 is 62.9. The molecule has 0 aromatic heterocycles. The topological polar surface area (TPSA) is 60.4 Å². The van der Waals surface area contributed by atoms with Gasteiger partial charge in [0.1, 0.15) is 0 Å². The van der Waals surface area contributed by atoms with Crippen LogP contribution in [0.25, 0.3) is 5.76 Å². The quantitative estimate of drug-likeness (QED) is 0.371. The maximum Gasteiger partial charge on any atom is 0.534 e. The molecule has 1 rings (SSSR count). The second kappa shape index (κ2) is 5.66. The lowest BCUT2D eigenvalue weighted by Crippen LogP contribution is -2.25. The molecule has 110 valence electrons. The Balaban J connectivity index is 3.23. The number of carbonyl (C=O) groups is 1. The van der Waals surface area contributed by atoms with E-state index in [1.165, 1.54) is 12.1 Å². The van der Waals surface area contributed by atoms with Crippen molar-refractivity contribution in [2.24, 2.45) is 0 Å². The second-order valence-corrected chi connectivity index (χ2v) is 5.51. The number of hydrogen-bond acceptors (Lipinski definition) is 4. The van der Waals surface area contributed by atoms with Crippen LogP contribution in [0.2, 0.25) is 0 Å². The zero-order chi connectivity index (χ0) is 15.6. The van der Waals surface area contributed by atoms with Crippen LogP contribution in [0, 0.1) is 6.92 Å². The SMILES string of the molecule is CC(=O)/C=C(\OS(=O)(=O)C(F)(F)F)c1ccc(C)cc1. The zero-order valence-electron chi connectivity index (χ0n) is 10.6. The summed E-state index contributed by atoms with van der Waals surface area (Å²) in [5, 5.41) is 0. The minimum absolute atomic E-state index is 0.0543. The van der Waals surface area contributed by atoms with Gasteiger partial charge in [0.2, 0.25) is 0 Å². The van der Waals surface area contributed by atoms with Crippen molar-refractivity contribution in [3.63, 3.8) is 0 Å². The molecular formula is C12H11F3O4S. The van der Waals surface area contributed by atoms with Crippen molar-refractivity contribution in [3.05, 3.63) is 41.5 Å². The molecule has 0 saturated heterocycles. The molecule has 0 radical (unpaired) electrons. The van der Waals surface area contributed by atoms with Gasteiger partial charge in [-0.25, -0.2) is 0 Å². The first-order valence-corrected chi connectivity index (χ1v) is 6.74. The fourth-order valence-corrected chi connectivity index (χ4v) is 1.70. The van der Waals surface area contributed by atoms with Gasteiger partial charge in [-0.1, -0.05) is 29.8 Å². The Kier molecular flexibility index (Phi) is 4.59. The van der Waals surface area contributed by atoms with Gasteiger partial charge in [0, 0.05) is 11.6 Å². The molecule has 0 aliphatic heterocycles. The molecule has 0 aliphatic carbocycles. The van der Waals surface area contributed by atoms with Gasteiger partial charge in [0.05, 0.1) is 0 Å². The van der Waals surface area contributed by atoms with Crippen LogP contribution in [0.5, 0.6) is 0 Å². The molecular weight excluding hydrogens is 297 g/mol. The average molecular weight is 308 g/mol. The Hall–Kier alpha value is -1.83. The predicted octanol–water partition coefficient (Wildman–Crippen LogP) is 2.79. The predicted molar refractivity (Wildman–Crippen MR) is 65.9 cm³/mol. The molecule has 1 aromatic rings. The summed E-state index contributed by atoms with van der Waals surface area (Å²) in [6.45, 7) is 2.81. The van der Waals surface area contributed by atoms with Crippen molar-refractivity contribution in [1.82, 2.24) is 0 Å². The number of carbonyl (C=O) groups excluding carboxylic acids is 1. The van der Waals surface area contributed by atoms with Gasteiger partial charge in [-0.3, -0.25) is 4.79 Å². The average Bonchev–Trinajstić information content (AvgIpc) is 2.26. The van der Waals surface area contributed by atoms with Gasteiger partial charge in [0.25, 0.3) is 0 Å². The molecule has 0 spiro atoms. The number of hydrogen-bond donors (Lipinski definition) is 0. The fraction of sp³-hybridized carbons (Fsp3) is 0.250. The van der Waals surface area contributed by atoms with E-state index in [9.17, 15) is 26.4 Å². The number of aryl methyl sites for hydroxylation is 1. The number of halogens is 3. The highest BCUT2D eigenvalue weighted by atomic mass is 32.2. The summed E-state index contributed by atoms with van der Waals surface area (Å²) in [6.07, 6.45) is 0.688. The molecule has 0 N–H and O–H groups in total. The van der Waals surface area contributed by atoms with Crippen molar-refractivity contribution in [3.8, 4) is 0 Å². The Labute approximate surface area is 114 Å². The highest BCUT2D eigenvalue weighted by Gasteiger charge is 2.49. The molecule has 20 heavy (non-hydrogen) atoms. The maximum absolute atomic E-state index is 12.3. The van der Waals surface area contributed by atoms with Crippen molar-refractivity contribution < 1.29 is 30.6 Å². The van der Waals surface area contributed by atoms with E-state index in [4.69, 9.17) is 0 Å². The van der Waals surface area contributed by atoms with Crippen LogP contribution >= 0.6 is 0 Å². The van der Waals surface area contributed by atoms with Crippen LogP contribution in [0.4, 0.5) is 13.2 Å². The highest BCUT2D eigenvalue weighted by molar-refractivity contribution is 7.87. The molecule has 0 atom stereocenters. The lowest BCUT2D eigenvalue weighted by atomic mass is 10.1. The summed E-state index contributed by atoms with van der Waals surface area (Å²) in [7, 11) is -5.82. The molecule has 4 nitrogen and oxygen atoms in total. The number of ketones is 1.